The molecule has 0 fully saturated rings. The molecular weight excluding hydrogens is 345 g/mol. The standard InChI is InChI=1S/C11H4BrF3N2O3/c12-8-2-1-7(20-8)10(19)17-6-3-5(11(13,14)15)4-16-9(6)18/h1-4H. The van der Waals surface area contributed by atoms with E-state index in [0.29, 0.717) is 12.3 Å². The largest absolute Gasteiger partial charge is 0.444 e. The first kappa shape index (κ1) is 14.4. The second-order valence-corrected chi connectivity index (χ2v) is 4.35. The van der Waals surface area contributed by atoms with Crippen molar-refractivity contribution >= 4 is 39.7 Å². The van der Waals surface area contributed by atoms with Crippen LogP contribution in [0.4, 0.5) is 13.2 Å². The van der Waals surface area contributed by atoms with Gasteiger partial charge in [0.05, 0.1) is 5.57 Å². The summed E-state index contributed by atoms with van der Waals surface area (Å²) in [5.41, 5.74) is -1.86. The van der Waals surface area contributed by atoms with E-state index in [1.165, 1.54) is 12.1 Å². The Hall–Kier alpha value is -2.03. The van der Waals surface area contributed by atoms with Gasteiger partial charge >= 0.3 is 12.1 Å². The Labute approximate surface area is 118 Å². The van der Waals surface area contributed by atoms with Gasteiger partial charge in [0.25, 0.3) is 5.91 Å². The molecule has 0 saturated heterocycles. The molecule has 0 aliphatic carbocycles. The second kappa shape index (κ2) is 5.16. The van der Waals surface area contributed by atoms with Crippen molar-refractivity contribution in [1.29, 1.82) is 0 Å². The van der Waals surface area contributed by atoms with E-state index >= 15 is 0 Å². The van der Waals surface area contributed by atoms with Gasteiger partial charge in [-0.3, -0.25) is 9.59 Å². The minimum Gasteiger partial charge on any atom is -0.444 e. The van der Waals surface area contributed by atoms with Gasteiger partial charge in [-0.1, -0.05) is 0 Å². The first-order chi connectivity index (χ1) is 9.27. The van der Waals surface area contributed by atoms with Crippen LogP contribution in [0.15, 0.2) is 42.9 Å². The van der Waals surface area contributed by atoms with Gasteiger partial charge in [0, 0.05) is 6.21 Å². The van der Waals surface area contributed by atoms with Gasteiger partial charge in [0.1, 0.15) is 5.71 Å². The summed E-state index contributed by atoms with van der Waals surface area (Å²) in [5.74, 6) is -2.22. The lowest BCUT2D eigenvalue weighted by atomic mass is 10.1. The fraction of sp³-hybridized carbons (Fsp3) is 0.0909. The number of rotatable bonds is 1. The summed E-state index contributed by atoms with van der Waals surface area (Å²) >= 11 is 2.95. The molecule has 0 spiro atoms. The maximum Gasteiger partial charge on any atom is 0.417 e. The third-order valence-corrected chi connectivity index (χ3v) is 2.59. The Morgan fingerprint density at radius 2 is 2.05 bits per heavy atom. The summed E-state index contributed by atoms with van der Waals surface area (Å²) in [5, 5.41) is 0. The Bertz CT molecular complexity index is 671. The SMILES string of the molecule is O=C1N=CC(C(F)(F)F)=CC1=NC(=O)c1ccc(Br)o1. The maximum atomic E-state index is 12.5. The number of furan rings is 1. The van der Waals surface area contributed by atoms with E-state index in [-0.39, 0.29) is 10.4 Å². The number of halogens is 4. The monoisotopic (exact) mass is 348 g/mol. The lowest BCUT2D eigenvalue weighted by molar-refractivity contribution is -0.111. The first-order valence-corrected chi connectivity index (χ1v) is 5.82. The van der Waals surface area contributed by atoms with Crippen LogP contribution in [0.2, 0.25) is 0 Å². The van der Waals surface area contributed by atoms with Crippen LogP contribution in [0.1, 0.15) is 10.6 Å². The number of hydrogen-bond donors (Lipinski definition) is 0. The number of nitrogens with zero attached hydrogens (tertiary/aromatic N) is 2. The predicted molar refractivity (Wildman–Crippen MR) is 65.8 cm³/mol. The Kier molecular flexibility index (Phi) is 3.71. The number of dihydropyridines is 1. The summed E-state index contributed by atoms with van der Waals surface area (Å²) in [6, 6.07) is 2.67. The Morgan fingerprint density at radius 3 is 2.60 bits per heavy atom. The van der Waals surface area contributed by atoms with Crippen molar-refractivity contribution in [2.75, 3.05) is 0 Å². The fourth-order valence-electron chi connectivity index (χ4n) is 1.27. The van der Waals surface area contributed by atoms with Gasteiger partial charge in [0.2, 0.25) is 0 Å². The van der Waals surface area contributed by atoms with E-state index in [9.17, 15) is 22.8 Å². The van der Waals surface area contributed by atoms with Gasteiger partial charge in [-0.25, -0.2) is 9.98 Å². The summed E-state index contributed by atoms with van der Waals surface area (Å²) in [4.78, 5) is 29.2. The van der Waals surface area contributed by atoms with Crippen molar-refractivity contribution < 1.29 is 27.2 Å². The molecule has 1 aromatic heterocycles. The highest BCUT2D eigenvalue weighted by molar-refractivity contribution is 9.10. The number of aliphatic imine (C=N–C) groups is 2. The van der Waals surface area contributed by atoms with E-state index in [0.717, 1.165) is 0 Å². The highest BCUT2D eigenvalue weighted by Gasteiger charge is 2.35. The van der Waals surface area contributed by atoms with Gasteiger partial charge in [-0.05, 0) is 34.1 Å². The molecule has 2 amide bonds. The number of carbonyl (C=O) groups is 2. The summed E-state index contributed by atoms with van der Waals surface area (Å²) in [6.07, 6.45) is -3.83. The molecule has 0 atom stereocenters. The van der Waals surface area contributed by atoms with Crippen LogP contribution >= 0.6 is 15.9 Å². The van der Waals surface area contributed by atoms with Crippen LogP contribution < -0.4 is 0 Å². The molecular formula is C11H4BrF3N2O3. The average Bonchev–Trinajstić information content (AvgIpc) is 2.77. The molecule has 0 N–H and O–H groups in total. The van der Waals surface area contributed by atoms with Gasteiger partial charge in [-0.2, -0.15) is 13.2 Å². The maximum absolute atomic E-state index is 12.5. The van der Waals surface area contributed by atoms with Crippen molar-refractivity contribution in [3.8, 4) is 0 Å². The molecule has 0 saturated carbocycles. The van der Waals surface area contributed by atoms with Crippen LogP contribution in [0.3, 0.4) is 0 Å². The minimum absolute atomic E-state index is 0.214. The molecule has 2 heterocycles. The predicted octanol–water partition coefficient (Wildman–Crippen LogP) is 2.72. The number of alkyl halides is 3. The van der Waals surface area contributed by atoms with Crippen LogP contribution in [-0.2, 0) is 4.79 Å². The van der Waals surface area contributed by atoms with E-state index in [2.05, 4.69) is 25.9 Å². The van der Waals surface area contributed by atoms with E-state index in [4.69, 9.17) is 4.42 Å². The minimum atomic E-state index is -4.68. The molecule has 1 aliphatic rings. The molecule has 0 bridgehead atoms. The Morgan fingerprint density at radius 1 is 1.35 bits per heavy atom. The van der Waals surface area contributed by atoms with Crippen LogP contribution in [0.25, 0.3) is 0 Å². The molecule has 5 nitrogen and oxygen atoms in total. The van der Waals surface area contributed by atoms with E-state index in [1.807, 2.05) is 0 Å². The van der Waals surface area contributed by atoms with Gasteiger partial charge in [0.15, 0.2) is 10.4 Å². The number of amides is 2. The summed E-state index contributed by atoms with van der Waals surface area (Å²) in [6.45, 7) is 0. The van der Waals surface area contributed by atoms with Crippen molar-refractivity contribution in [1.82, 2.24) is 0 Å². The number of allylic oxidation sites excluding steroid dienone is 1. The van der Waals surface area contributed by atoms with Crippen molar-refractivity contribution in [2.45, 2.75) is 6.18 Å². The molecule has 1 aromatic rings. The molecule has 0 aromatic carbocycles. The smallest absolute Gasteiger partial charge is 0.417 e. The number of hydrogen-bond acceptors (Lipinski definition) is 3. The normalized spacial score (nSPS) is 17.5. The molecule has 104 valence electrons. The topological polar surface area (TPSA) is 72.0 Å². The molecule has 0 unspecified atom stereocenters. The van der Waals surface area contributed by atoms with Crippen LogP contribution in [0.5, 0.6) is 0 Å². The highest BCUT2D eigenvalue weighted by atomic mass is 79.9. The third-order valence-electron chi connectivity index (χ3n) is 2.17. The van der Waals surface area contributed by atoms with Gasteiger partial charge in [-0.15, -0.1) is 0 Å². The quantitative estimate of drug-likeness (QED) is 0.783. The van der Waals surface area contributed by atoms with Crippen molar-refractivity contribution in [3.05, 3.63) is 34.2 Å². The summed E-state index contributed by atoms with van der Waals surface area (Å²) < 4.78 is 42.5. The molecule has 1 aliphatic heterocycles. The van der Waals surface area contributed by atoms with Crippen molar-refractivity contribution in [3.63, 3.8) is 0 Å². The zero-order valence-electron chi connectivity index (χ0n) is 9.44. The first-order valence-electron chi connectivity index (χ1n) is 5.03. The second-order valence-electron chi connectivity index (χ2n) is 3.57. The van der Waals surface area contributed by atoms with Crippen LogP contribution in [0, 0.1) is 0 Å². The van der Waals surface area contributed by atoms with Crippen molar-refractivity contribution in [2.24, 2.45) is 9.98 Å². The summed E-state index contributed by atoms with van der Waals surface area (Å²) in [7, 11) is 0. The highest BCUT2D eigenvalue weighted by Crippen LogP contribution is 2.25. The third kappa shape index (κ3) is 3.10. The lowest BCUT2D eigenvalue weighted by Crippen LogP contribution is -2.23. The lowest BCUT2D eigenvalue weighted by Gasteiger charge is -2.10. The number of carbonyl (C=O) groups excluding carboxylic acids is 2. The zero-order valence-corrected chi connectivity index (χ0v) is 11.0. The molecule has 2 rings (SSSR count). The Balaban J connectivity index is 2.33. The molecule has 9 heteroatoms. The zero-order chi connectivity index (χ0) is 14.9. The molecule has 0 radical (unpaired) electrons. The van der Waals surface area contributed by atoms with Crippen LogP contribution in [-0.4, -0.2) is 29.9 Å². The fourth-order valence-corrected chi connectivity index (χ4v) is 1.58. The molecule has 20 heavy (non-hydrogen) atoms. The average molecular weight is 349 g/mol. The van der Waals surface area contributed by atoms with E-state index < -0.39 is 29.3 Å². The van der Waals surface area contributed by atoms with E-state index in [1.54, 1.807) is 0 Å². The van der Waals surface area contributed by atoms with Gasteiger partial charge < -0.3 is 4.42 Å².